The van der Waals surface area contributed by atoms with Crippen LogP contribution < -0.4 is 4.90 Å². The smallest absolute Gasteiger partial charge is 0.164 e. The Hall–Kier alpha value is -8.42. The molecule has 8 aromatic carbocycles. The highest BCUT2D eigenvalue weighted by molar-refractivity contribution is 6.09. The molecule has 3 aromatic heterocycles. The molecule has 3 heterocycles. The summed E-state index contributed by atoms with van der Waals surface area (Å²) >= 11 is 0. The topological polar surface area (TPSA) is 64.7 Å². The fraction of sp³-hybridized carbons (Fsp3) is 0. The van der Waals surface area contributed by atoms with Gasteiger partial charge in [-0.1, -0.05) is 115 Å². The predicted octanol–water partition coefficient (Wildman–Crippen LogP) is 13.3. The minimum atomic E-state index is 0.616. The first-order valence-electron chi connectivity index (χ1n) is 20.3. The third-order valence-corrected chi connectivity index (χ3v) is 11.1. The van der Waals surface area contributed by atoms with Crippen molar-refractivity contribution in [3.05, 3.63) is 225 Å². The summed E-state index contributed by atoms with van der Waals surface area (Å²) in [6.07, 6.45) is 3.84. The minimum Gasteiger partial charge on any atom is -0.311 e. The van der Waals surface area contributed by atoms with E-state index in [1.54, 1.807) is 0 Å². The Morgan fingerprint density at radius 2 is 0.754 bits per heavy atom. The molecule has 0 aliphatic rings. The van der Waals surface area contributed by atoms with Crippen molar-refractivity contribution < 1.29 is 0 Å². The predicted molar refractivity (Wildman–Crippen MR) is 248 cm³/mol. The molecule has 0 aliphatic heterocycles. The van der Waals surface area contributed by atoms with Crippen molar-refractivity contribution in [1.82, 2.24) is 29.1 Å². The van der Waals surface area contributed by atoms with Gasteiger partial charge in [0.15, 0.2) is 17.5 Å². The van der Waals surface area contributed by atoms with E-state index in [9.17, 15) is 0 Å². The van der Waals surface area contributed by atoms with E-state index in [2.05, 4.69) is 166 Å². The van der Waals surface area contributed by atoms with Crippen molar-refractivity contribution in [3.63, 3.8) is 0 Å². The van der Waals surface area contributed by atoms with Crippen molar-refractivity contribution in [2.75, 3.05) is 4.90 Å². The summed E-state index contributed by atoms with van der Waals surface area (Å²) in [7, 11) is 0. The summed E-state index contributed by atoms with van der Waals surface area (Å²) in [5, 5.41) is 2.50. The van der Waals surface area contributed by atoms with E-state index in [4.69, 9.17) is 19.9 Å². The first kappa shape index (κ1) is 35.7. The van der Waals surface area contributed by atoms with Gasteiger partial charge in [0.25, 0.3) is 0 Å². The van der Waals surface area contributed by atoms with Crippen molar-refractivity contribution in [1.29, 1.82) is 0 Å². The average molecular weight is 784 g/mol. The van der Waals surface area contributed by atoms with E-state index in [1.165, 1.54) is 21.8 Å². The van der Waals surface area contributed by atoms with Gasteiger partial charge in [-0.05, 0) is 97.1 Å². The maximum Gasteiger partial charge on any atom is 0.164 e. The van der Waals surface area contributed by atoms with Crippen LogP contribution in [0.25, 0.3) is 78.7 Å². The Morgan fingerprint density at radius 1 is 0.344 bits per heavy atom. The molecule has 0 radical (unpaired) electrons. The lowest BCUT2D eigenvalue weighted by molar-refractivity contribution is 1.06. The van der Waals surface area contributed by atoms with E-state index < -0.39 is 0 Å². The van der Waals surface area contributed by atoms with Gasteiger partial charge in [0.1, 0.15) is 5.82 Å². The second-order valence-corrected chi connectivity index (χ2v) is 14.8. The van der Waals surface area contributed by atoms with E-state index in [0.29, 0.717) is 17.5 Å². The van der Waals surface area contributed by atoms with Crippen molar-refractivity contribution in [2.45, 2.75) is 0 Å². The van der Waals surface area contributed by atoms with E-state index in [-0.39, 0.29) is 0 Å². The van der Waals surface area contributed by atoms with Gasteiger partial charge in [0.2, 0.25) is 0 Å². The lowest BCUT2D eigenvalue weighted by Gasteiger charge is -2.26. The Labute approximate surface area is 353 Å². The third-order valence-electron chi connectivity index (χ3n) is 11.1. The number of benzene rings is 8. The lowest BCUT2D eigenvalue weighted by atomic mass is 10.1. The summed E-state index contributed by atoms with van der Waals surface area (Å²) in [5.41, 5.74) is 11.5. The number of hydrogen-bond donors (Lipinski definition) is 0. The maximum absolute atomic E-state index is 4.91. The van der Waals surface area contributed by atoms with Crippen LogP contribution in [0.4, 0.5) is 17.1 Å². The lowest BCUT2D eigenvalue weighted by Crippen LogP contribution is -2.10. The molecule has 7 nitrogen and oxygen atoms in total. The number of rotatable bonds is 9. The van der Waals surface area contributed by atoms with Crippen LogP contribution in [0.2, 0.25) is 0 Å². The molecular weight excluding hydrogens is 747 g/mol. The number of para-hydroxylation sites is 3. The van der Waals surface area contributed by atoms with Crippen molar-refractivity contribution >= 4 is 38.9 Å². The fourth-order valence-corrected chi connectivity index (χ4v) is 8.17. The molecule has 0 unspecified atom stereocenters. The summed E-state index contributed by atoms with van der Waals surface area (Å²) in [6.45, 7) is 0. The molecule has 7 heteroatoms. The molecule has 0 spiro atoms. The van der Waals surface area contributed by atoms with Crippen LogP contribution in [-0.2, 0) is 0 Å². The van der Waals surface area contributed by atoms with Crippen LogP contribution in [0, 0.1) is 0 Å². The molecule has 11 aromatic rings. The SMILES string of the molecule is c1ccc(-c2nc(-c3ccccc3)nc(-c3ccc(-n4ccnc4-c4ccc(N(c5ccccc5)c5ccc(-n6c7ccccc7c7ccccc76)cc5)cc4)cc3)n2)cc1. The summed E-state index contributed by atoms with van der Waals surface area (Å²) < 4.78 is 4.46. The quantitative estimate of drug-likeness (QED) is 0.146. The maximum atomic E-state index is 4.91. The second-order valence-electron chi connectivity index (χ2n) is 14.8. The fourth-order valence-electron chi connectivity index (χ4n) is 8.17. The van der Waals surface area contributed by atoms with Gasteiger partial charge in [0.05, 0.1) is 11.0 Å². The third kappa shape index (κ3) is 6.70. The molecule has 0 atom stereocenters. The molecule has 0 fully saturated rings. The molecule has 0 saturated carbocycles. The van der Waals surface area contributed by atoms with Crippen LogP contribution in [0.15, 0.2) is 225 Å². The molecule has 0 amide bonds. The average Bonchev–Trinajstić information content (AvgIpc) is 3.97. The zero-order valence-electron chi connectivity index (χ0n) is 33.0. The Kier molecular flexibility index (Phi) is 9.02. The first-order valence-corrected chi connectivity index (χ1v) is 20.3. The number of aromatic nitrogens is 6. The highest BCUT2D eigenvalue weighted by atomic mass is 15.1. The number of anilines is 3. The first-order chi connectivity index (χ1) is 30.2. The van der Waals surface area contributed by atoms with E-state index in [1.807, 2.05) is 73.1 Å². The van der Waals surface area contributed by atoms with Gasteiger partial charge < -0.3 is 9.47 Å². The molecule has 0 bridgehead atoms. The standard InChI is InChI=1S/C54H37N7/c1-4-14-38(15-5-1)51-56-52(39-16-6-2-7-17-39)58-53(57-51)40-24-28-42(29-25-40)59-37-36-55-54(59)41-26-30-44(31-27-41)60(43-18-8-3-9-19-43)45-32-34-46(35-33-45)61-49-22-12-10-20-47(49)48-21-11-13-23-50(48)61/h1-37H. The van der Waals surface area contributed by atoms with Gasteiger partial charge in [-0.3, -0.25) is 4.57 Å². The van der Waals surface area contributed by atoms with Gasteiger partial charge in [-0.15, -0.1) is 0 Å². The molecule has 11 rings (SSSR count). The van der Waals surface area contributed by atoms with Crippen LogP contribution in [0.3, 0.4) is 0 Å². The molecule has 61 heavy (non-hydrogen) atoms. The monoisotopic (exact) mass is 783 g/mol. The number of nitrogens with zero attached hydrogens (tertiary/aromatic N) is 7. The largest absolute Gasteiger partial charge is 0.311 e. The minimum absolute atomic E-state index is 0.616. The summed E-state index contributed by atoms with van der Waals surface area (Å²) in [4.78, 5) is 21.8. The second kappa shape index (κ2) is 15.4. The van der Waals surface area contributed by atoms with Crippen LogP contribution in [0.1, 0.15) is 0 Å². The number of imidazole rings is 1. The van der Waals surface area contributed by atoms with Crippen LogP contribution in [-0.4, -0.2) is 29.1 Å². The molecule has 0 N–H and O–H groups in total. The van der Waals surface area contributed by atoms with Crippen LogP contribution in [0.5, 0.6) is 0 Å². The van der Waals surface area contributed by atoms with Gasteiger partial charge >= 0.3 is 0 Å². The van der Waals surface area contributed by atoms with Gasteiger partial charge in [-0.2, -0.15) is 0 Å². The van der Waals surface area contributed by atoms with Crippen molar-refractivity contribution in [2.24, 2.45) is 0 Å². The Morgan fingerprint density at radius 3 is 1.30 bits per heavy atom. The Balaban J connectivity index is 0.900. The summed E-state index contributed by atoms with van der Waals surface area (Å²) in [5.74, 6) is 2.73. The highest BCUT2D eigenvalue weighted by Crippen LogP contribution is 2.38. The molecule has 0 saturated heterocycles. The zero-order chi connectivity index (χ0) is 40.5. The van der Waals surface area contributed by atoms with Crippen LogP contribution >= 0.6 is 0 Å². The zero-order valence-corrected chi connectivity index (χ0v) is 33.0. The Bertz CT molecular complexity index is 3160. The molecule has 0 aliphatic carbocycles. The normalized spacial score (nSPS) is 11.3. The highest BCUT2D eigenvalue weighted by Gasteiger charge is 2.17. The molecular formula is C54H37N7. The van der Waals surface area contributed by atoms with E-state index in [0.717, 1.165) is 56.5 Å². The molecule has 288 valence electrons. The van der Waals surface area contributed by atoms with E-state index >= 15 is 0 Å². The number of hydrogen-bond acceptors (Lipinski definition) is 5. The van der Waals surface area contributed by atoms with Crippen molar-refractivity contribution in [3.8, 4) is 56.9 Å². The van der Waals surface area contributed by atoms with Gasteiger partial charge in [-0.25, -0.2) is 19.9 Å². The number of fused-ring (bicyclic) bond motifs is 3. The van der Waals surface area contributed by atoms with Gasteiger partial charge in [0, 0.05) is 73.9 Å². The summed E-state index contributed by atoms with van der Waals surface area (Å²) in [6, 6.07) is 73.6.